The molecule has 0 aromatic rings. The summed E-state index contributed by atoms with van der Waals surface area (Å²) in [6, 6.07) is 0. The zero-order valence-electron chi connectivity index (χ0n) is 3.94. The van der Waals surface area contributed by atoms with Crippen LogP contribution in [0.15, 0.2) is 0 Å². The molecule has 0 aromatic carbocycles. The molecule has 0 aliphatic carbocycles. The van der Waals surface area contributed by atoms with Crippen LogP contribution in [0.4, 0.5) is 0 Å². The number of ether oxygens (including phenoxy) is 1. The Morgan fingerprint density at radius 3 is 2.50 bits per heavy atom. The summed E-state index contributed by atoms with van der Waals surface area (Å²) >= 11 is 0. The van der Waals surface area contributed by atoms with E-state index in [2.05, 4.69) is 4.74 Å². The van der Waals surface area contributed by atoms with Crippen LogP contribution in [-0.4, -0.2) is 13.4 Å². The third-order valence-electron chi connectivity index (χ3n) is 0.432. The van der Waals surface area contributed by atoms with Gasteiger partial charge in [0, 0.05) is 6.61 Å². The molecule has 6 heavy (non-hydrogen) atoms. The number of hydrogen-bond acceptors (Lipinski definition) is 1. The Bertz CT molecular complexity index is 17.5. The van der Waals surface area contributed by atoms with E-state index in [-0.39, 0.29) is 0 Å². The average Bonchev–Trinajstić information content (AvgIpc) is 1.61. The fourth-order valence-electron chi connectivity index (χ4n) is 0.203. The number of hydrogen-bond donors (Lipinski definition) is 0. The lowest BCUT2D eigenvalue weighted by molar-refractivity contribution is -0.0432. The first-order valence-corrected chi connectivity index (χ1v) is 2.07. The van der Waals surface area contributed by atoms with Gasteiger partial charge in [-0.05, 0) is 6.42 Å². The Hall–Kier alpha value is -0.0800. The fourth-order valence-corrected chi connectivity index (χ4v) is 0.203. The van der Waals surface area contributed by atoms with Crippen molar-refractivity contribution in [2.75, 3.05) is 13.4 Å². The molecule has 0 N–H and O–H groups in total. The topological polar surface area (TPSA) is 29.1 Å². The summed E-state index contributed by atoms with van der Waals surface area (Å²) in [6.07, 6.45) is 0.933. The predicted octanol–water partition coefficient (Wildman–Crippen LogP) is 0.801. The predicted molar refractivity (Wildman–Crippen MR) is 21.8 cm³/mol. The molecular weight excluding hydrogens is 80.0 g/mol. The van der Waals surface area contributed by atoms with Crippen molar-refractivity contribution in [3.63, 3.8) is 0 Å². The van der Waals surface area contributed by atoms with Crippen LogP contribution < -0.4 is 0 Å². The van der Waals surface area contributed by atoms with Gasteiger partial charge in [0.2, 0.25) is 0 Å². The van der Waals surface area contributed by atoms with E-state index in [0.717, 1.165) is 6.42 Å². The normalized spacial score (nSPS) is 9.00. The van der Waals surface area contributed by atoms with Gasteiger partial charge < -0.3 is 4.74 Å². The molecule has 2 heteroatoms. The maximum absolute atomic E-state index is 9.47. The van der Waals surface area contributed by atoms with Crippen LogP contribution in [0.1, 0.15) is 13.3 Å². The van der Waals surface area contributed by atoms with Gasteiger partial charge in [-0.1, -0.05) is 6.92 Å². The van der Waals surface area contributed by atoms with Gasteiger partial charge in [-0.25, -0.2) is 5.11 Å². The standard InChI is InChI=1S/C4H9O2/c1-2-3-6-4-5/h2-4H2,1H3. The van der Waals surface area contributed by atoms with E-state index in [9.17, 15) is 5.11 Å². The smallest absolute Gasteiger partial charge is 0.180 e. The lowest BCUT2D eigenvalue weighted by Gasteiger charge is -1.89. The molecule has 2 nitrogen and oxygen atoms in total. The van der Waals surface area contributed by atoms with E-state index in [1.807, 2.05) is 6.92 Å². The zero-order chi connectivity index (χ0) is 4.83. The highest BCUT2D eigenvalue weighted by atomic mass is 16.6. The molecule has 0 atom stereocenters. The van der Waals surface area contributed by atoms with Crippen LogP contribution in [0.25, 0.3) is 0 Å². The van der Waals surface area contributed by atoms with Crippen molar-refractivity contribution in [3.8, 4) is 0 Å². The second-order valence-electron chi connectivity index (χ2n) is 1.03. The van der Waals surface area contributed by atoms with Crippen LogP contribution in [0.3, 0.4) is 0 Å². The van der Waals surface area contributed by atoms with Crippen molar-refractivity contribution in [1.29, 1.82) is 0 Å². The SMILES string of the molecule is CCCOC[O]. The van der Waals surface area contributed by atoms with Crippen LogP contribution >= 0.6 is 0 Å². The molecule has 37 valence electrons. The van der Waals surface area contributed by atoms with Crippen molar-refractivity contribution in [3.05, 3.63) is 0 Å². The zero-order valence-corrected chi connectivity index (χ0v) is 3.94. The maximum atomic E-state index is 9.47. The molecule has 0 rings (SSSR count). The van der Waals surface area contributed by atoms with Gasteiger partial charge in [-0.2, -0.15) is 0 Å². The molecule has 0 aliphatic heterocycles. The maximum Gasteiger partial charge on any atom is 0.180 e. The molecule has 0 bridgehead atoms. The molecule has 0 spiro atoms. The molecule has 0 saturated carbocycles. The van der Waals surface area contributed by atoms with E-state index in [1.54, 1.807) is 0 Å². The minimum absolute atomic E-state index is 0.395. The first kappa shape index (κ1) is 5.92. The fraction of sp³-hybridized carbons (Fsp3) is 1.00. The Morgan fingerprint density at radius 2 is 2.33 bits per heavy atom. The van der Waals surface area contributed by atoms with Crippen molar-refractivity contribution in [2.45, 2.75) is 13.3 Å². The summed E-state index contributed by atoms with van der Waals surface area (Å²) in [6.45, 7) is 2.17. The molecule has 0 saturated heterocycles. The van der Waals surface area contributed by atoms with E-state index in [1.165, 1.54) is 0 Å². The summed E-state index contributed by atoms with van der Waals surface area (Å²) in [5.74, 6) is 0. The third kappa shape index (κ3) is 3.92. The van der Waals surface area contributed by atoms with Crippen molar-refractivity contribution < 1.29 is 9.84 Å². The quantitative estimate of drug-likeness (QED) is 0.371. The Morgan fingerprint density at radius 1 is 1.67 bits per heavy atom. The Labute approximate surface area is 37.7 Å². The summed E-state index contributed by atoms with van der Waals surface area (Å²) in [4.78, 5) is 0. The molecule has 0 heterocycles. The van der Waals surface area contributed by atoms with Crippen molar-refractivity contribution >= 4 is 0 Å². The molecule has 0 unspecified atom stereocenters. The number of rotatable bonds is 3. The van der Waals surface area contributed by atoms with Gasteiger partial charge in [0.1, 0.15) is 0 Å². The van der Waals surface area contributed by atoms with Crippen LogP contribution in [0.2, 0.25) is 0 Å². The van der Waals surface area contributed by atoms with Crippen LogP contribution in [0, 0.1) is 0 Å². The highest BCUT2D eigenvalue weighted by Gasteiger charge is 1.75. The highest BCUT2D eigenvalue weighted by molar-refractivity contribution is 4.16. The molecule has 0 aliphatic rings. The summed E-state index contributed by atoms with van der Waals surface area (Å²) in [7, 11) is 0. The highest BCUT2D eigenvalue weighted by Crippen LogP contribution is 1.74. The first-order chi connectivity index (χ1) is 2.91. The Kier molecular flexibility index (Phi) is 4.85. The summed E-state index contributed by atoms with van der Waals surface area (Å²) < 4.78 is 4.43. The Balaban J connectivity index is 2.34. The summed E-state index contributed by atoms with van der Waals surface area (Å²) in [5, 5.41) is 9.47. The second kappa shape index (κ2) is 4.92. The van der Waals surface area contributed by atoms with E-state index >= 15 is 0 Å². The minimum atomic E-state index is -0.395. The molecule has 0 amide bonds. The van der Waals surface area contributed by atoms with Gasteiger partial charge in [-0.3, -0.25) is 0 Å². The lowest BCUT2D eigenvalue weighted by Crippen LogP contribution is -1.90. The molecular formula is C4H9O2. The van der Waals surface area contributed by atoms with Gasteiger partial charge in [0.15, 0.2) is 6.79 Å². The van der Waals surface area contributed by atoms with Crippen LogP contribution in [-0.2, 0) is 9.84 Å². The van der Waals surface area contributed by atoms with Gasteiger partial charge in [0.05, 0.1) is 0 Å². The molecule has 0 aromatic heterocycles. The van der Waals surface area contributed by atoms with E-state index in [0.29, 0.717) is 6.61 Å². The summed E-state index contributed by atoms with van der Waals surface area (Å²) in [5.41, 5.74) is 0. The molecule has 0 fully saturated rings. The van der Waals surface area contributed by atoms with E-state index < -0.39 is 6.79 Å². The second-order valence-corrected chi connectivity index (χ2v) is 1.03. The minimum Gasteiger partial charge on any atom is -0.352 e. The third-order valence-corrected chi connectivity index (χ3v) is 0.432. The average molecular weight is 89.1 g/mol. The van der Waals surface area contributed by atoms with Crippen molar-refractivity contribution in [2.24, 2.45) is 0 Å². The van der Waals surface area contributed by atoms with Gasteiger partial charge >= 0.3 is 0 Å². The van der Waals surface area contributed by atoms with E-state index in [4.69, 9.17) is 0 Å². The molecule has 1 radical (unpaired) electrons. The van der Waals surface area contributed by atoms with Gasteiger partial charge in [-0.15, -0.1) is 0 Å². The van der Waals surface area contributed by atoms with Crippen LogP contribution in [0.5, 0.6) is 0 Å². The van der Waals surface area contributed by atoms with Gasteiger partial charge in [0.25, 0.3) is 0 Å². The van der Waals surface area contributed by atoms with Crippen molar-refractivity contribution in [1.82, 2.24) is 0 Å². The first-order valence-electron chi connectivity index (χ1n) is 2.07. The lowest BCUT2D eigenvalue weighted by atomic mass is 10.5. The monoisotopic (exact) mass is 89.1 g/mol. The largest absolute Gasteiger partial charge is 0.352 e.